The third-order valence-electron chi connectivity index (χ3n) is 4.11. The number of ether oxygens (including phenoxy) is 2. The predicted molar refractivity (Wildman–Crippen MR) is 71.3 cm³/mol. The number of rotatable bonds is 3. The fraction of sp³-hybridized carbons (Fsp3) is 0.571. The average molecular weight is 264 g/mol. The van der Waals surface area contributed by atoms with E-state index in [9.17, 15) is 0 Å². The van der Waals surface area contributed by atoms with Gasteiger partial charge < -0.3 is 14.3 Å². The highest BCUT2D eigenvalue weighted by molar-refractivity contribution is 5.44. The van der Waals surface area contributed by atoms with Gasteiger partial charge in [0.05, 0.1) is 32.9 Å². The second-order valence-electron chi connectivity index (χ2n) is 5.21. The van der Waals surface area contributed by atoms with Gasteiger partial charge in [0, 0.05) is 12.5 Å². The first-order valence-corrected chi connectivity index (χ1v) is 6.54. The molecule has 1 aromatic rings. The van der Waals surface area contributed by atoms with Crippen LogP contribution in [0.5, 0.6) is 11.5 Å². The molecule has 0 aromatic heterocycles. The number of hydrogen-bond acceptors (Lipinski definition) is 5. The lowest BCUT2D eigenvalue weighted by molar-refractivity contribution is 0.0618. The van der Waals surface area contributed by atoms with Gasteiger partial charge in [-0.05, 0) is 24.7 Å². The maximum absolute atomic E-state index is 5.39. The molecule has 1 N–H and O–H groups in total. The molecule has 0 spiro atoms. The van der Waals surface area contributed by atoms with E-state index in [0.717, 1.165) is 24.7 Å². The highest BCUT2D eigenvalue weighted by Gasteiger charge is 2.44. The standard InChI is InChI=1S/C14H20N2O3/c1-16-7-10-8-19-15-13(10)14(16)9-4-5-11(17-2)12(6-9)18-3/h4-6,10,13-15H,7-8H2,1-3H3/t10-,13+,14-/m0/s1. The molecule has 0 radical (unpaired) electrons. The van der Waals surface area contributed by atoms with Gasteiger partial charge in [0.1, 0.15) is 0 Å². The molecule has 0 aliphatic carbocycles. The number of likely N-dealkylation sites (N-methyl/N-ethyl adjacent to an activating group) is 1. The van der Waals surface area contributed by atoms with E-state index in [1.165, 1.54) is 5.56 Å². The Labute approximate surface area is 113 Å². The van der Waals surface area contributed by atoms with E-state index in [4.69, 9.17) is 14.3 Å². The molecule has 0 saturated carbocycles. The number of nitrogens with zero attached hydrogens (tertiary/aromatic N) is 1. The number of hydroxylamine groups is 1. The number of likely N-dealkylation sites (tertiary alicyclic amines) is 1. The zero-order chi connectivity index (χ0) is 13.4. The summed E-state index contributed by atoms with van der Waals surface area (Å²) in [5.74, 6) is 2.10. The molecule has 2 aliphatic rings. The van der Waals surface area contributed by atoms with Crippen LogP contribution in [-0.2, 0) is 4.84 Å². The first kappa shape index (κ1) is 12.7. The van der Waals surface area contributed by atoms with Gasteiger partial charge in [-0.15, -0.1) is 0 Å². The van der Waals surface area contributed by atoms with Crippen molar-refractivity contribution in [3.05, 3.63) is 23.8 Å². The highest BCUT2D eigenvalue weighted by Crippen LogP contribution is 2.39. The molecule has 0 amide bonds. The van der Waals surface area contributed by atoms with Crippen molar-refractivity contribution < 1.29 is 14.3 Å². The number of nitrogens with one attached hydrogen (secondary N) is 1. The molecule has 104 valence electrons. The van der Waals surface area contributed by atoms with Crippen molar-refractivity contribution in [1.82, 2.24) is 10.4 Å². The molecule has 5 heteroatoms. The monoisotopic (exact) mass is 264 g/mol. The first-order chi connectivity index (χ1) is 9.24. The van der Waals surface area contributed by atoms with Crippen molar-refractivity contribution in [1.29, 1.82) is 0 Å². The summed E-state index contributed by atoms with van der Waals surface area (Å²) in [5.41, 5.74) is 4.38. The van der Waals surface area contributed by atoms with Crippen molar-refractivity contribution >= 4 is 0 Å². The minimum absolute atomic E-state index is 0.312. The van der Waals surface area contributed by atoms with Crippen LogP contribution in [-0.4, -0.2) is 45.4 Å². The fourth-order valence-corrected chi connectivity index (χ4v) is 3.20. The Bertz CT molecular complexity index is 466. The van der Waals surface area contributed by atoms with Crippen LogP contribution in [0.1, 0.15) is 11.6 Å². The Balaban J connectivity index is 1.93. The third kappa shape index (κ3) is 2.08. The molecule has 3 rings (SSSR count). The second kappa shape index (κ2) is 5.00. The maximum atomic E-state index is 5.39. The Morgan fingerprint density at radius 2 is 2.05 bits per heavy atom. The minimum atomic E-state index is 0.312. The molecular formula is C14H20N2O3. The summed E-state index contributed by atoms with van der Waals surface area (Å²) in [6, 6.07) is 6.79. The number of benzene rings is 1. The van der Waals surface area contributed by atoms with E-state index < -0.39 is 0 Å². The van der Waals surface area contributed by atoms with Gasteiger partial charge in [-0.2, -0.15) is 5.48 Å². The van der Waals surface area contributed by atoms with Gasteiger partial charge in [-0.1, -0.05) is 6.07 Å². The van der Waals surface area contributed by atoms with E-state index in [-0.39, 0.29) is 0 Å². The van der Waals surface area contributed by atoms with E-state index in [2.05, 4.69) is 29.6 Å². The van der Waals surface area contributed by atoms with Crippen molar-refractivity contribution in [2.45, 2.75) is 12.1 Å². The highest BCUT2D eigenvalue weighted by atomic mass is 16.7. The Morgan fingerprint density at radius 3 is 2.79 bits per heavy atom. The topological polar surface area (TPSA) is 43.0 Å². The fourth-order valence-electron chi connectivity index (χ4n) is 3.20. The van der Waals surface area contributed by atoms with Crippen LogP contribution in [0.15, 0.2) is 18.2 Å². The zero-order valence-electron chi connectivity index (χ0n) is 11.6. The smallest absolute Gasteiger partial charge is 0.161 e. The van der Waals surface area contributed by atoms with Crippen molar-refractivity contribution in [2.75, 3.05) is 34.4 Å². The quantitative estimate of drug-likeness (QED) is 0.889. The van der Waals surface area contributed by atoms with E-state index >= 15 is 0 Å². The molecule has 2 heterocycles. The molecular weight excluding hydrogens is 244 g/mol. The summed E-state index contributed by atoms with van der Waals surface area (Å²) in [5, 5.41) is 0. The molecule has 5 nitrogen and oxygen atoms in total. The maximum Gasteiger partial charge on any atom is 0.161 e. The lowest BCUT2D eigenvalue weighted by atomic mass is 9.95. The van der Waals surface area contributed by atoms with E-state index in [1.807, 2.05) is 6.07 Å². The van der Waals surface area contributed by atoms with Crippen LogP contribution < -0.4 is 15.0 Å². The van der Waals surface area contributed by atoms with Gasteiger partial charge in [-0.3, -0.25) is 4.90 Å². The normalized spacial score (nSPS) is 30.4. The molecule has 1 aromatic carbocycles. The van der Waals surface area contributed by atoms with Crippen molar-refractivity contribution in [3.8, 4) is 11.5 Å². The van der Waals surface area contributed by atoms with E-state index in [0.29, 0.717) is 18.0 Å². The largest absolute Gasteiger partial charge is 0.493 e. The van der Waals surface area contributed by atoms with Gasteiger partial charge >= 0.3 is 0 Å². The Morgan fingerprint density at radius 1 is 1.26 bits per heavy atom. The number of hydrogen-bond donors (Lipinski definition) is 1. The molecule has 3 atom stereocenters. The van der Waals surface area contributed by atoms with Crippen LogP contribution in [0.4, 0.5) is 0 Å². The van der Waals surface area contributed by atoms with Gasteiger partial charge in [0.15, 0.2) is 11.5 Å². The van der Waals surface area contributed by atoms with Crippen LogP contribution in [0.3, 0.4) is 0 Å². The van der Waals surface area contributed by atoms with Gasteiger partial charge in [-0.25, -0.2) is 0 Å². The Kier molecular flexibility index (Phi) is 3.35. The molecule has 2 aliphatic heterocycles. The summed E-state index contributed by atoms with van der Waals surface area (Å²) in [6.07, 6.45) is 0. The summed E-state index contributed by atoms with van der Waals surface area (Å²) < 4.78 is 10.7. The molecule has 0 unspecified atom stereocenters. The van der Waals surface area contributed by atoms with Gasteiger partial charge in [0.2, 0.25) is 0 Å². The SMILES string of the molecule is COc1ccc([C@H]2[C@@H]3NOC[C@@H]3CN2C)cc1OC. The summed E-state index contributed by atoms with van der Waals surface area (Å²) in [6.45, 7) is 1.84. The van der Waals surface area contributed by atoms with Crippen LogP contribution in [0.25, 0.3) is 0 Å². The van der Waals surface area contributed by atoms with Crippen LogP contribution in [0.2, 0.25) is 0 Å². The van der Waals surface area contributed by atoms with E-state index in [1.54, 1.807) is 14.2 Å². The minimum Gasteiger partial charge on any atom is -0.493 e. The average Bonchev–Trinajstić information content (AvgIpc) is 2.97. The second-order valence-corrected chi connectivity index (χ2v) is 5.21. The zero-order valence-corrected chi connectivity index (χ0v) is 11.6. The number of fused-ring (bicyclic) bond motifs is 1. The third-order valence-corrected chi connectivity index (χ3v) is 4.11. The summed E-state index contributed by atoms with van der Waals surface area (Å²) >= 11 is 0. The predicted octanol–water partition coefficient (Wildman–Crippen LogP) is 1.21. The van der Waals surface area contributed by atoms with Crippen molar-refractivity contribution in [2.24, 2.45) is 5.92 Å². The first-order valence-electron chi connectivity index (χ1n) is 6.54. The Hall–Kier alpha value is -1.30. The molecule has 0 bridgehead atoms. The summed E-state index contributed by atoms with van der Waals surface area (Å²) in [7, 11) is 5.47. The lowest BCUT2D eigenvalue weighted by Crippen LogP contribution is -2.32. The van der Waals surface area contributed by atoms with Gasteiger partial charge in [0.25, 0.3) is 0 Å². The summed E-state index contributed by atoms with van der Waals surface area (Å²) in [4.78, 5) is 7.75. The van der Waals surface area contributed by atoms with Crippen LogP contribution >= 0.6 is 0 Å². The lowest BCUT2D eigenvalue weighted by Gasteiger charge is -2.25. The molecule has 2 fully saturated rings. The number of methoxy groups -OCH3 is 2. The molecule has 19 heavy (non-hydrogen) atoms. The van der Waals surface area contributed by atoms with Crippen LogP contribution in [0, 0.1) is 5.92 Å². The van der Waals surface area contributed by atoms with Crippen molar-refractivity contribution in [3.63, 3.8) is 0 Å². The molecule has 2 saturated heterocycles.